The molecule has 0 aliphatic heterocycles. The Labute approximate surface area is 98.4 Å². The SMILES string of the molecule is C[Si](C)(C)c1c(Cl)cc(Br)cc1Cl. The molecule has 0 amide bonds. The molecule has 0 fully saturated rings. The maximum atomic E-state index is 6.14. The van der Waals surface area contributed by atoms with Crippen molar-refractivity contribution in [2.75, 3.05) is 0 Å². The first-order valence-corrected chi connectivity index (χ1v) is 9.02. The van der Waals surface area contributed by atoms with E-state index in [9.17, 15) is 0 Å². The minimum Gasteiger partial charge on any atom is -0.0844 e. The molecule has 0 nitrogen and oxygen atoms in total. The van der Waals surface area contributed by atoms with Crippen LogP contribution in [-0.2, 0) is 0 Å². The average molecular weight is 298 g/mol. The molecule has 72 valence electrons. The van der Waals surface area contributed by atoms with Crippen LogP contribution in [0.5, 0.6) is 0 Å². The van der Waals surface area contributed by atoms with Gasteiger partial charge < -0.3 is 0 Å². The standard InChI is InChI=1S/C9H11BrCl2Si/c1-13(2,3)9-7(11)4-6(10)5-8(9)12/h4-5H,1-3H3. The smallest absolute Gasteiger partial charge is 0.0815 e. The molecule has 0 unspecified atom stereocenters. The molecule has 0 aliphatic carbocycles. The zero-order valence-electron chi connectivity index (χ0n) is 7.79. The van der Waals surface area contributed by atoms with Crippen LogP contribution in [0.3, 0.4) is 0 Å². The fourth-order valence-electron chi connectivity index (χ4n) is 1.26. The van der Waals surface area contributed by atoms with Crippen molar-refractivity contribution in [3.8, 4) is 0 Å². The quantitative estimate of drug-likeness (QED) is 0.678. The highest BCUT2D eigenvalue weighted by atomic mass is 79.9. The van der Waals surface area contributed by atoms with Crippen molar-refractivity contribution in [3.05, 3.63) is 26.7 Å². The second-order valence-corrected chi connectivity index (χ2v) is 10.7. The maximum absolute atomic E-state index is 6.14. The van der Waals surface area contributed by atoms with Gasteiger partial charge >= 0.3 is 0 Å². The second kappa shape index (κ2) is 3.93. The Morgan fingerprint density at radius 2 is 1.46 bits per heavy atom. The first-order valence-electron chi connectivity index (χ1n) is 3.97. The summed E-state index contributed by atoms with van der Waals surface area (Å²) in [5, 5.41) is 2.69. The molecule has 0 aromatic heterocycles. The van der Waals surface area contributed by atoms with E-state index in [0.717, 1.165) is 19.7 Å². The van der Waals surface area contributed by atoms with Gasteiger partial charge in [-0.1, -0.05) is 58.8 Å². The first-order chi connectivity index (χ1) is 5.82. The fraction of sp³-hybridized carbons (Fsp3) is 0.333. The number of benzene rings is 1. The number of halogens is 3. The lowest BCUT2D eigenvalue weighted by Gasteiger charge is -2.20. The van der Waals surface area contributed by atoms with Crippen LogP contribution in [0, 0.1) is 0 Å². The largest absolute Gasteiger partial charge is 0.0844 e. The van der Waals surface area contributed by atoms with Gasteiger partial charge in [0.15, 0.2) is 0 Å². The van der Waals surface area contributed by atoms with Gasteiger partial charge in [0.1, 0.15) is 0 Å². The Morgan fingerprint density at radius 1 is 1.08 bits per heavy atom. The lowest BCUT2D eigenvalue weighted by atomic mass is 10.4. The predicted molar refractivity (Wildman–Crippen MR) is 67.1 cm³/mol. The van der Waals surface area contributed by atoms with Crippen molar-refractivity contribution < 1.29 is 0 Å². The zero-order chi connectivity index (χ0) is 10.2. The predicted octanol–water partition coefficient (Wildman–Crippen LogP) is 4.30. The van der Waals surface area contributed by atoms with E-state index in [4.69, 9.17) is 23.2 Å². The van der Waals surface area contributed by atoms with E-state index >= 15 is 0 Å². The third kappa shape index (κ3) is 2.72. The highest BCUT2D eigenvalue weighted by Gasteiger charge is 2.23. The molecule has 0 saturated carbocycles. The van der Waals surface area contributed by atoms with Crippen molar-refractivity contribution in [1.82, 2.24) is 0 Å². The molecule has 13 heavy (non-hydrogen) atoms. The molecule has 0 N–H and O–H groups in total. The van der Waals surface area contributed by atoms with E-state index in [-0.39, 0.29) is 0 Å². The topological polar surface area (TPSA) is 0 Å². The molecular weight excluding hydrogens is 287 g/mol. The van der Waals surface area contributed by atoms with Crippen LogP contribution in [0.2, 0.25) is 29.7 Å². The molecule has 4 heteroatoms. The molecule has 1 rings (SSSR count). The maximum Gasteiger partial charge on any atom is 0.0815 e. The van der Waals surface area contributed by atoms with Gasteiger partial charge in [0.25, 0.3) is 0 Å². The van der Waals surface area contributed by atoms with Gasteiger partial charge in [-0.15, -0.1) is 0 Å². The lowest BCUT2D eigenvalue weighted by molar-refractivity contribution is 1.64. The fourth-order valence-corrected chi connectivity index (χ4v) is 5.75. The summed E-state index contributed by atoms with van der Waals surface area (Å²) in [5.41, 5.74) is 0. The van der Waals surface area contributed by atoms with Crippen LogP contribution < -0.4 is 5.19 Å². The summed E-state index contributed by atoms with van der Waals surface area (Å²) in [5.74, 6) is 0. The normalized spacial score (nSPS) is 11.8. The summed E-state index contributed by atoms with van der Waals surface area (Å²) in [6, 6.07) is 3.81. The summed E-state index contributed by atoms with van der Waals surface area (Å²) in [4.78, 5) is 0. The van der Waals surface area contributed by atoms with Crippen molar-refractivity contribution in [3.63, 3.8) is 0 Å². The van der Waals surface area contributed by atoms with Crippen LogP contribution in [0.25, 0.3) is 0 Å². The number of hydrogen-bond donors (Lipinski definition) is 0. The lowest BCUT2D eigenvalue weighted by Crippen LogP contribution is -2.39. The summed E-state index contributed by atoms with van der Waals surface area (Å²) in [6.45, 7) is 6.69. The highest BCUT2D eigenvalue weighted by Crippen LogP contribution is 2.24. The monoisotopic (exact) mass is 296 g/mol. The van der Waals surface area contributed by atoms with Gasteiger partial charge in [-0.3, -0.25) is 0 Å². The third-order valence-corrected chi connectivity index (χ3v) is 5.17. The summed E-state index contributed by atoms with van der Waals surface area (Å²) in [7, 11) is -1.43. The Bertz CT molecular complexity index is 308. The van der Waals surface area contributed by atoms with Crippen LogP contribution in [0.15, 0.2) is 16.6 Å². The molecule has 0 atom stereocenters. The molecular formula is C9H11BrCl2Si. The minimum absolute atomic E-state index is 0.776. The van der Waals surface area contributed by atoms with Gasteiger partial charge in [-0.2, -0.15) is 0 Å². The van der Waals surface area contributed by atoms with Crippen molar-refractivity contribution in [2.45, 2.75) is 19.6 Å². The van der Waals surface area contributed by atoms with Crippen molar-refractivity contribution >= 4 is 52.4 Å². The molecule has 0 spiro atoms. The van der Waals surface area contributed by atoms with E-state index < -0.39 is 8.07 Å². The molecule has 0 bridgehead atoms. The van der Waals surface area contributed by atoms with Crippen molar-refractivity contribution in [1.29, 1.82) is 0 Å². The average Bonchev–Trinajstić information content (AvgIpc) is 1.78. The van der Waals surface area contributed by atoms with Gasteiger partial charge in [-0.25, -0.2) is 0 Å². The van der Waals surface area contributed by atoms with Crippen LogP contribution >= 0.6 is 39.1 Å². The summed E-state index contributed by atoms with van der Waals surface area (Å²) in [6.07, 6.45) is 0. The van der Waals surface area contributed by atoms with Crippen LogP contribution in [-0.4, -0.2) is 8.07 Å². The van der Waals surface area contributed by atoms with Gasteiger partial charge in [0.05, 0.1) is 8.07 Å². The van der Waals surface area contributed by atoms with E-state index in [1.807, 2.05) is 12.1 Å². The molecule has 0 aliphatic rings. The highest BCUT2D eigenvalue weighted by molar-refractivity contribution is 9.10. The van der Waals surface area contributed by atoms with E-state index in [2.05, 4.69) is 35.6 Å². The minimum atomic E-state index is -1.43. The van der Waals surface area contributed by atoms with Crippen LogP contribution in [0.4, 0.5) is 0 Å². The Balaban J connectivity index is 3.38. The Morgan fingerprint density at radius 3 is 1.77 bits per heavy atom. The van der Waals surface area contributed by atoms with Crippen LogP contribution in [0.1, 0.15) is 0 Å². The van der Waals surface area contributed by atoms with E-state index in [1.54, 1.807) is 0 Å². The third-order valence-electron chi connectivity index (χ3n) is 1.76. The van der Waals surface area contributed by atoms with E-state index in [0.29, 0.717) is 0 Å². The molecule has 1 aromatic carbocycles. The van der Waals surface area contributed by atoms with Gasteiger partial charge in [0.2, 0.25) is 0 Å². The second-order valence-electron chi connectivity index (χ2n) is 3.99. The molecule has 0 saturated heterocycles. The number of rotatable bonds is 1. The molecule has 1 aromatic rings. The Kier molecular flexibility index (Phi) is 3.50. The van der Waals surface area contributed by atoms with Gasteiger partial charge in [-0.05, 0) is 17.3 Å². The number of hydrogen-bond acceptors (Lipinski definition) is 0. The first kappa shape index (κ1) is 11.6. The Hall–Kier alpha value is 0.497. The van der Waals surface area contributed by atoms with Gasteiger partial charge in [0, 0.05) is 14.5 Å². The van der Waals surface area contributed by atoms with E-state index in [1.165, 1.54) is 0 Å². The molecule has 0 heterocycles. The van der Waals surface area contributed by atoms with Crippen molar-refractivity contribution in [2.24, 2.45) is 0 Å². The zero-order valence-corrected chi connectivity index (χ0v) is 11.9. The summed E-state index contributed by atoms with van der Waals surface area (Å²) >= 11 is 15.6. The molecule has 0 radical (unpaired) electrons. The summed E-state index contributed by atoms with van der Waals surface area (Å²) < 4.78 is 0.935.